The van der Waals surface area contributed by atoms with Crippen LogP contribution in [-0.4, -0.2) is 56.6 Å². The van der Waals surface area contributed by atoms with Crippen molar-refractivity contribution < 1.29 is 23.1 Å². The Kier molecular flexibility index (Phi) is 6.18. The van der Waals surface area contributed by atoms with Crippen LogP contribution in [-0.2, 0) is 19.7 Å². The minimum atomic E-state index is -3.61. The maximum atomic E-state index is 12.0. The van der Waals surface area contributed by atoms with Crippen LogP contribution in [0.4, 0.5) is 0 Å². The van der Waals surface area contributed by atoms with Crippen LogP contribution in [0.15, 0.2) is 0 Å². The smallest absolute Gasteiger partial charge is 0.307 e. The van der Waals surface area contributed by atoms with Crippen LogP contribution >= 0.6 is 0 Å². The minimum absolute atomic E-state index is 0.0762. The number of rotatable bonds is 7. The highest BCUT2D eigenvalue weighted by Crippen LogP contribution is 2.12. The van der Waals surface area contributed by atoms with Crippen molar-refractivity contribution in [1.29, 1.82) is 0 Å². The molecule has 0 aromatic heterocycles. The van der Waals surface area contributed by atoms with Crippen LogP contribution in [0.5, 0.6) is 0 Å². The third-order valence-corrected chi connectivity index (χ3v) is 4.50. The van der Waals surface area contributed by atoms with Crippen molar-refractivity contribution in [1.82, 2.24) is 9.03 Å². The maximum Gasteiger partial charge on any atom is 0.307 e. The molecule has 8 heteroatoms. The zero-order valence-corrected chi connectivity index (χ0v) is 12.1. The summed E-state index contributed by atoms with van der Waals surface area (Å²) in [4.78, 5) is 11.1. The number of ether oxygens (including phenoxy) is 1. The largest absolute Gasteiger partial charge is 0.481 e. The van der Waals surface area contributed by atoms with Gasteiger partial charge in [0.05, 0.1) is 19.1 Å². The normalized spacial score (nSPS) is 19.5. The number of hydrogen-bond acceptors (Lipinski definition) is 4. The molecule has 0 saturated carbocycles. The van der Waals surface area contributed by atoms with E-state index in [1.54, 1.807) is 0 Å². The molecule has 0 aromatic carbocycles. The Morgan fingerprint density at radius 1 is 1.37 bits per heavy atom. The molecule has 7 nitrogen and oxygen atoms in total. The first-order chi connectivity index (χ1) is 8.83. The SMILES string of the molecule is CC(C)CC(CNS(=O)(=O)N1CCOCC1)C(=O)O. The molecule has 1 aliphatic rings. The van der Waals surface area contributed by atoms with Gasteiger partial charge in [-0.2, -0.15) is 12.7 Å². The molecule has 112 valence electrons. The first kappa shape index (κ1) is 16.4. The number of carbonyl (C=O) groups is 1. The van der Waals surface area contributed by atoms with E-state index in [0.717, 1.165) is 0 Å². The number of nitrogens with one attached hydrogen (secondary N) is 1. The van der Waals surface area contributed by atoms with Crippen LogP contribution in [0, 0.1) is 11.8 Å². The quantitative estimate of drug-likeness (QED) is 0.683. The Bertz CT molecular complexity index is 390. The van der Waals surface area contributed by atoms with Crippen LogP contribution in [0.2, 0.25) is 0 Å². The highest BCUT2D eigenvalue weighted by molar-refractivity contribution is 7.87. The predicted molar refractivity (Wildman–Crippen MR) is 69.9 cm³/mol. The van der Waals surface area contributed by atoms with E-state index in [-0.39, 0.29) is 12.5 Å². The lowest BCUT2D eigenvalue weighted by Crippen LogP contribution is -2.48. The van der Waals surface area contributed by atoms with Crippen molar-refractivity contribution in [3.8, 4) is 0 Å². The van der Waals surface area contributed by atoms with E-state index in [1.165, 1.54) is 4.31 Å². The molecule has 1 unspecified atom stereocenters. The zero-order chi connectivity index (χ0) is 14.5. The van der Waals surface area contributed by atoms with Gasteiger partial charge in [-0.05, 0) is 12.3 Å². The number of carboxylic acid groups (broad SMARTS) is 1. The van der Waals surface area contributed by atoms with Crippen molar-refractivity contribution in [2.24, 2.45) is 11.8 Å². The first-order valence-electron chi connectivity index (χ1n) is 6.38. The highest BCUT2D eigenvalue weighted by Gasteiger charge is 2.27. The highest BCUT2D eigenvalue weighted by atomic mass is 32.2. The standard InChI is InChI=1S/C11H22N2O5S/c1-9(2)7-10(11(14)15)8-12-19(16,17)13-3-5-18-6-4-13/h9-10,12H,3-8H2,1-2H3,(H,14,15). The van der Waals surface area contributed by atoms with E-state index in [1.807, 2.05) is 13.8 Å². The maximum absolute atomic E-state index is 12.0. The summed E-state index contributed by atoms with van der Waals surface area (Å²) in [5, 5.41) is 9.06. The van der Waals surface area contributed by atoms with Crippen molar-refractivity contribution in [3.63, 3.8) is 0 Å². The predicted octanol–water partition coefficient (Wildman–Crippen LogP) is -0.100. The summed E-state index contributed by atoms with van der Waals surface area (Å²) in [5.74, 6) is -1.47. The molecule has 1 rings (SSSR count). The van der Waals surface area contributed by atoms with Crippen LogP contribution in [0.1, 0.15) is 20.3 Å². The molecule has 0 radical (unpaired) electrons. The molecular weight excluding hydrogens is 272 g/mol. The summed E-state index contributed by atoms with van der Waals surface area (Å²) in [6.07, 6.45) is 0.445. The summed E-state index contributed by atoms with van der Waals surface area (Å²) in [6.45, 7) is 5.09. The topological polar surface area (TPSA) is 95.9 Å². The molecular formula is C11H22N2O5S. The van der Waals surface area contributed by atoms with Crippen LogP contribution < -0.4 is 4.72 Å². The molecule has 0 aromatic rings. The average Bonchev–Trinajstić information content (AvgIpc) is 2.35. The van der Waals surface area contributed by atoms with Crippen molar-refractivity contribution >= 4 is 16.2 Å². The van der Waals surface area contributed by atoms with Gasteiger partial charge in [0.25, 0.3) is 10.2 Å². The zero-order valence-electron chi connectivity index (χ0n) is 11.3. The molecule has 0 bridgehead atoms. The number of hydrogen-bond donors (Lipinski definition) is 2. The van der Waals surface area contributed by atoms with Crippen molar-refractivity contribution in [2.75, 3.05) is 32.8 Å². The van der Waals surface area contributed by atoms with E-state index >= 15 is 0 Å². The van der Waals surface area contributed by atoms with Crippen LogP contribution in [0.3, 0.4) is 0 Å². The number of carboxylic acids is 1. The third-order valence-electron chi connectivity index (χ3n) is 2.93. The lowest BCUT2D eigenvalue weighted by atomic mass is 9.98. The van der Waals surface area contributed by atoms with Gasteiger partial charge in [-0.1, -0.05) is 13.8 Å². The van der Waals surface area contributed by atoms with Crippen molar-refractivity contribution in [3.05, 3.63) is 0 Å². The van der Waals surface area contributed by atoms with Gasteiger partial charge in [0.15, 0.2) is 0 Å². The minimum Gasteiger partial charge on any atom is -0.481 e. The fourth-order valence-corrected chi connectivity index (χ4v) is 3.15. The second-order valence-corrected chi connectivity index (χ2v) is 6.78. The van der Waals surface area contributed by atoms with E-state index in [4.69, 9.17) is 9.84 Å². The van der Waals surface area contributed by atoms with E-state index in [0.29, 0.717) is 32.7 Å². The molecule has 19 heavy (non-hydrogen) atoms. The second-order valence-electron chi connectivity index (χ2n) is 5.03. The molecule has 0 amide bonds. The first-order valence-corrected chi connectivity index (χ1v) is 7.82. The van der Waals surface area contributed by atoms with E-state index in [2.05, 4.69) is 4.72 Å². The van der Waals surface area contributed by atoms with Gasteiger partial charge in [0.1, 0.15) is 0 Å². The van der Waals surface area contributed by atoms with Gasteiger partial charge in [-0.15, -0.1) is 0 Å². The monoisotopic (exact) mass is 294 g/mol. The lowest BCUT2D eigenvalue weighted by Gasteiger charge is -2.26. The lowest BCUT2D eigenvalue weighted by molar-refractivity contribution is -0.142. The molecule has 1 atom stereocenters. The van der Waals surface area contributed by atoms with Crippen LogP contribution in [0.25, 0.3) is 0 Å². The molecule has 0 aliphatic carbocycles. The van der Waals surface area contributed by atoms with Gasteiger partial charge in [-0.3, -0.25) is 4.79 Å². The van der Waals surface area contributed by atoms with Gasteiger partial charge >= 0.3 is 5.97 Å². The summed E-state index contributed by atoms with van der Waals surface area (Å²) in [5.41, 5.74) is 0. The fraction of sp³-hybridized carbons (Fsp3) is 0.909. The third kappa shape index (κ3) is 5.43. The Morgan fingerprint density at radius 2 is 1.95 bits per heavy atom. The van der Waals surface area contributed by atoms with E-state index < -0.39 is 22.1 Å². The second kappa shape index (κ2) is 7.18. The van der Waals surface area contributed by atoms with Gasteiger partial charge in [0.2, 0.25) is 0 Å². The van der Waals surface area contributed by atoms with Gasteiger partial charge in [-0.25, -0.2) is 4.72 Å². The molecule has 1 heterocycles. The molecule has 1 aliphatic heterocycles. The number of nitrogens with zero attached hydrogens (tertiary/aromatic N) is 1. The molecule has 1 fully saturated rings. The summed E-state index contributed by atoms with van der Waals surface area (Å²) >= 11 is 0. The Labute approximate surface area is 114 Å². The number of morpholine rings is 1. The van der Waals surface area contributed by atoms with Gasteiger partial charge in [0, 0.05) is 19.6 Å². The van der Waals surface area contributed by atoms with Gasteiger partial charge < -0.3 is 9.84 Å². The molecule has 2 N–H and O–H groups in total. The fourth-order valence-electron chi connectivity index (χ4n) is 1.92. The van der Waals surface area contributed by atoms with E-state index in [9.17, 15) is 13.2 Å². The summed E-state index contributed by atoms with van der Waals surface area (Å²) < 4.78 is 32.7. The van der Waals surface area contributed by atoms with Crippen molar-refractivity contribution in [2.45, 2.75) is 20.3 Å². The molecule has 0 spiro atoms. The summed E-state index contributed by atoms with van der Waals surface area (Å²) in [6, 6.07) is 0. The molecule has 1 saturated heterocycles. The Balaban J connectivity index is 2.54. The average molecular weight is 294 g/mol. The summed E-state index contributed by atoms with van der Waals surface area (Å²) in [7, 11) is -3.61. The number of aliphatic carboxylic acids is 1. The Morgan fingerprint density at radius 3 is 2.42 bits per heavy atom. The Hall–Kier alpha value is -0.700.